The number of carbonyl (C=O) groups excluding carboxylic acids is 1. The minimum Gasteiger partial charge on any atom is -0.384 e. The molecule has 0 atom stereocenters. The molecule has 4 nitrogen and oxygen atoms in total. The number of nitrogens with two attached hydrogens (primary N) is 1. The molecule has 0 fully saturated rings. The highest BCUT2D eigenvalue weighted by Gasteiger charge is 2.03. The van der Waals surface area contributed by atoms with Gasteiger partial charge < -0.3 is 15.7 Å². The number of amides is 2. The van der Waals surface area contributed by atoms with Crippen LogP contribution in [0.4, 0.5) is 4.79 Å². The van der Waals surface area contributed by atoms with Gasteiger partial charge >= 0.3 is 6.03 Å². The second kappa shape index (κ2) is 5.79. The first-order chi connectivity index (χ1) is 7.63. The highest BCUT2D eigenvalue weighted by molar-refractivity contribution is 5.71. The summed E-state index contributed by atoms with van der Waals surface area (Å²) in [6.45, 7) is 0.329. The SMILES string of the molecule is CN(Cc1ccc(C#CCO)cc1)C(N)=O. The first-order valence-corrected chi connectivity index (χ1v) is 4.82. The molecule has 0 saturated carbocycles. The number of aliphatic hydroxyl groups excluding tert-OH is 1. The lowest BCUT2D eigenvalue weighted by Gasteiger charge is -2.13. The largest absolute Gasteiger partial charge is 0.384 e. The molecular weight excluding hydrogens is 204 g/mol. The van der Waals surface area contributed by atoms with Crippen molar-refractivity contribution in [3.63, 3.8) is 0 Å². The summed E-state index contributed by atoms with van der Waals surface area (Å²) in [5.74, 6) is 5.36. The Morgan fingerprint density at radius 2 is 2.06 bits per heavy atom. The molecule has 0 aliphatic heterocycles. The maximum Gasteiger partial charge on any atom is 0.314 e. The third kappa shape index (κ3) is 3.64. The fourth-order valence-corrected chi connectivity index (χ4v) is 1.19. The van der Waals surface area contributed by atoms with Gasteiger partial charge in [0.25, 0.3) is 0 Å². The van der Waals surface area contributed by atoms with Gasteiger partial charge in [-0.25, -0.2) is 4.79 Å². The van der Waals surface area contributed by atoms with Crippen LogP contribution in [0.1, 0.15) is 11.1 Å². The van der Waals surface area contributed by atoms with Crippen molar-refractivity contribution in [2.45, 2.75) is 6.54 Å². The van der Waals surface area contributed by atoms with E-state index in [1.165, 1.54) is 4.90 Å². The molecule has 0 saturated heterocycles. The van der Waals surface area contributed by atoms with Crippen molar-refractivity contribution in [1.82, 2.24) is 4.90 Å². The summed E-state index contributed by atoms with van der Waals surface area (Å²) >= 11 is 0. The van der Waals surface area contributed by atoms with Crippen molar-refractivity contribution in [2.75, 3.05) is 13.7 Å². The van der Waals surface area contributed by atoms with E-state index in [0.29, 0.717) is 6.54 Å². The molecule has 0 aromatic heterocycles. The molecule has 0 aliphatic rings. The molecule has 84 valence electrons. The summed E-state index contributed by atoms with van der Waals surface area (Å²) in [7, 11) is 1.64. The molecule has 16 heavy (non-hydrogen) atoms. The van der Waals surface area contributed by atoms with E-state index in [9.17, 15) is 4.79 Å². The zero-order chi connectivity index (χ0) is 12.0. The van der Waals surface area contributed by atoms with Crippen LogP contribution >= 0.6 is 0 Å². The summed E-state index contributed by atoms with van der Waals surface area (Å²) in [5, 5.41) is 8.53. The van der Waals surface area contributed by atoms with Crippen LogP contribution in [0, 0.1) is 11.8 Å². The number of aliphatic hydroxyl groups is 1. The molecule has 3 N–H and O–H groups in total. The van der Waals surface area contributed by atoms with Gasteiger partial charge in [-0.05, 0) is 17.7 Å². The predicted octanol–water partition coefficient (Wildman–Crippen LogP) is 0.541. The van der Waals surface area contributed by atoms with Crippen molar-refractivity contribution in [3.05, 3.63) is 35.4 Å². The Hall–Kier alpha value is -1.99. The van der Waals surface area contributed by atoms with E-state index < -0.39 is 6.03 Å². The number of hydrogen-bond donors (Lipinski definition) is 2. The third-order valence-electron chi connectivity index (χ3n) is 2.06. The lowest BCUT2D eigenvalue weighted by Crippen LogP contribution is -2.31. The smallest absolute Gasteiger partial charge is 0.314 e. The van der Waals surface area contributed by atoms with Crippen molar-refractivity contribution >= 4 is 6.03 Å². The molecule has 0 unspecified atom stereocenters. The van der Waals surface area contributed by atoms with Gasteiger partial charge in [0.2, 0.25) is 0 Å². The molecule has 1 aromatic rings. The topological polar surface area (TPSA) is 66.6 Å². The summed E-state index contributed by atoms with van der Waals surface area (Å²) in [5.41, 5.74) is 6.93. The van der Waals surface area contributed by atoms with Gasteiger partial charge in [0, 0.05) is 19.2 Å². The highest BCUT2D eigenvalue weighted by Crippen LogP contribution is 2.05. The van der Waals surface area contributed by atoms with Crippen LogP contribution in [0.5, 0.6) is 0 Å². The fourth-order valence-electron chi connectivity index (χ4n) is 1.19. The summed E-state index contributed by atoms with van der Waals surface area (Å²) in [4.78, 5) is 12.2. The Morgan fingerprint density at radius 3 is 2.56 bits per heavy atom. The lowest BCUT2D eigenvalue weighted by molar-refractivity contribution is 0.216. The molecule has 0 radical (unpaired) electrons. The maximum atomic E-state index is 10.8. The van der Waals surface area contributed by atoms with Gasteiger partial charge in [-0.15, -0.1) is 0 Å². The fraction of sp³-hybridized carbons (Fsp3) is 0.250. The Balaban J connectivity index is 2.68. The van der Waals surface area contributed by atoms with Gasteiger partial charge in [0.05, 0.1) is 0 Å². The van der Waals surface area contributed by atoms with Crippen LogP contribution in [-0.4, -0.2) is 29.7 Å². The molecular formula is C12H14N2O2. The zero-order valence-electron chi connectivity index (χ0n) is 9.10. The van der Waals surface area contributed by atoms with E-state index in [4.69, 9.17) is 10.8 Å². The van der Waals surface area contributed by atoms with Gasteiger partial charge in [0.15, 0.2) is 0 Å². The minimum atomic E-state index is -0.454. The van der Waals surface area contributed by atoms with Gasteiger partial charge in [-0.1, -0.05) is 24.0 Å². The summed E-state index contributed by atoms with van der Waals surface area (Å²) in [6.07, 6.45) is 0. The predicted molar refractivity (Wildman–Crippen MR) is 61.5 cm³/mol. The normalized spacial score (nSPS) is 9.12. The first-order valence-electron chi connectivity index (χ1n) is 4.82. The second-order valence-electron chi connectivity index (χ2n) is 3.35. The molecule has 0 aliphatic carbocycles. The van der Waals surface area contributed by atoms with Crippen LogP contribution < -0.4 is 5.73 Å². The van der Waals surface area contributed by atoms with Crippen molar-refractivity contribution in [3.8, 4) is 11.8 Å². The van der Waals surface area contributed by atoms with Crippen molar-refractivity contribution in [2.24, 2.45) is 5.73 Å². The van der Waals surface area contributed by atoms with Crippen molar-refractivity contribution < 1.29 is 9.90 Å². The molecule has 1 rings (SSSR count). The van der Waals surface area contributed by atoms with E-state index in [-0.39, 0.29) is 6.61 Å². The molecule has 2 amide bonds. The summed E-state index contributed by atoms with van der Waals surface area (Å²) in [6, 6.07) is 6.98. The number of nitrogens with zero attached hydrogens (tertiary/aromatic N) is 1. The Labute approximate surface area is 94.7 Å². The number of primary amides is 1. The summed E-state index contributed by atoms with van der Waals surface area (Å²) < 4.78 is 0. The van der Waals surface area contributed by atoms with Gasteiger partial charge in [0.1, 0.15) is 6.61 Å². The van der Waals surface area contributed by atoms with Crippen LogP contribution in [0.25, 0.3) is 0 Å². The van der Waals surface area contributed by atoms with Crippen LogP contribution in [0.15, 0.2) is 24.3 Å². The van der Waals surface area contributed by atoms with Crippen LogP contribution in [0.3, 0.4) is 0 Å². The molecule has 0 spiro atoms. The second-order valence-corrected chi connectivity index (χ2v) is 3.35. The standard InChI is InChI=1S/C12H14N2O2/c1-14(12(13)16)9-11-6-4-10(5-7-11)3-2-8-15/h4-7,15H,8-9H2,1H3,(H2,13,16). The van der Waals surface area contributed by atoms with E-state index >= 15 is 0 Å². The molecule has 4 heteroatoms. The number of hydrogen-bond acceptors (Lipinski definition) is 2. The first kappa shape index (κ1) is 12.1. The van der Waals surface area contributed by atoms with Crippen LogP contribution in [0.2, 0.25) is 0 Å². The average Bonchev–Trinajstić information content (AvgIpc) is 2.28. The van der Waals surface area contributed by atoms with E-state index in [1.807, 2.05) is 24.3 Å². The molecule has 0 heterocycles. The zero-order valence-corrected chi connectivity index (χ0v) is 9.10. The number of urea groups is 1. The Kier molecular flexibility index (Phi) is 4.37. The van der Waals surface area contributed by atoms with Gasteiger partial charge in [-0.3, -0.25) is 0 Å². The number of carbonyl (C=O) groups is 1. The monoisotopic (exact) mass is 218 g/mol. The average molecular weight is 218 g/mol. The maximum absolute atomic E-state index is 10.8. The van der Waals surface area contributed by atoms with E-state index in [2.05, 4.69) is 11.8 Å². The Bertz CT molecular complexity index is 415. The number of rotatable bonds is 2. The van der Waals surface area contributed by atoms with Crippen LogP contribution in [-0.2, 0) is 6.54 Å². The molecule has 0 bridgehead atoms. The highest BCUT2D eigenvalue weighted by atomic mass is 16.2. The molecule has 1 aromatic carbocycles. The number of benzene rings is 1. The van der Waals surface area contributed by atoms with E-state index in [1.54, 1.807) is 7.05 Å². The lowest BCUT2D eigenvalue weighted by atomic mass is 10.1. The van der Waals surface area contributed by atoms with Crippen molar-refractivity contribution in [1.29, 1.82) is 0 Å². The quantitative estimate of drug-likeness (QED) is 0.711. The minimum absolute atomic E-state index is 0.147. The third-order valence-corrected chi connectivity index (χ3v) is 2.06. The van der Waals surface area contributed by atoms with E-state index in [0.717, 1.165) is 11.1 Å². The Morgan fingerprint density at radius 1 is 1.44 bits per heavy atom. The van der Waals surface area contributed by atoms with Gasteiger partial charge in [-0.2, -0.15) is 0 Å².